The minimum atomic E-state index is -0.137. The lowest BCUT2D eigenvalue weighted by atomic mass is 9.83. The van der Waals surface area contributed by atoms with E-state index in [1.165, 1.54) is 44.9 Å². The van der Waals surface area contributed by atoms with E-state index in [9.17, 15) is 4.79 Å². The van der Waals surface area contributed by atoms with Gasteiger partial charge in [-0.3, -0.25) is 9.69 Å². The summed E-state index contributed by atoms with van der Waals surface area (Å²) in [4.78, 5) is 15.2. The van der Waals surface area contributed by atoms with Crippen molar-refractivity contribution in [3.8, 4) is 0 Å². The summed E-state index contributed by atoms with van der Waals surface area (Å²) in [5.74, 6) is 1.46. The molecule has 1 atom stereocenters. The second-order valence-corrected chi connectivity index (χ2v) is 7.41. The molecule has 1 aliphatic carbocycles. The zero-order valence-corrected chi connectivity index (χ0v) is 14.6. The van der Waals surface area contributed by atoms with E-state index in [1.54, 1.807) is 4.68 Å². The van der Waals surface area contributed by atoms with E-state index >= 15 is 0 Å². The molecular weight excluding hydrogens is 304 g/mol. The summed E-state index contributed by atoms with van der Waals surface area (Å²) in [6.07, 6.45) is 9.25. The molecule has 6 heteroatoms. The number of fused-ring (bicyclic) bond motifs is 1. The molecular formula is C18H26N4O2. The smallest absolute Gasteiger partial charge is 0.298 e. The predicted molar refractivity (Wildman–Crippen MR) is 91.8 cm³/mol. The van der Waals surface area contributed by atoms with Crippen LogP contribution in [0.15, 0.2) is 9.32 Å². The second kappa shape index (κ2) is 6.31. The van der Waals surface area contributed by atoms with Gasteiger partial charge in [0.25, 0.3) is 5.56 Å². The van der Waals surface area contributed by atoms with Gasteiger partial charge in [-0.1, -0.05) is 24.4 Å². The molecule has 0 radical (unpaired) electrons. The van der Waals surface area contributed by atoms with E-state index in [1.807, 2.05) is 13.8 Å². The summed E-state index contributed by atoms with van der Waals surface area (Å²) in [6, 6.07) is 0.606. The van der Waals surface area contributed by atoms with Gasteiger partial charge >= 0.3 is 0 Å². The molecule has 0 spiro atoms. The first-order chi connectivity index (χ1) is 11.6. The molecule has 1 saturated heterocycles. The van der Waals surface area contributed by atoms with E-state index in [-0.39, 0.29) is 5.56 Å². The highest BCUT2D eigenvalue weighted by molar-refractivity contribution is 5.81. The number of nitrogens with zero attached hydrogens (tertiary/aromatic N) is 4. The fourth-order valence-corrected chi connectivity index (χ4v) is 4.69. The van der Waals surface area contributed by atoms with Gasteiger partial charge in [0.05, 0.1) is 17.7 Å². The number of aromatic nitrogens is 3. The number of hydrogen-bond donors (Lipinski definition) is 0. The molecule has 24 heavy (non-hydrogen) atoms. The van der Waals surface area contributed by atoms with Crippen molar-refractivity contribution in [3.63, 3.8) is 0 Å². The highest BCUT2D eigenvalue weighted by Crippen LogP contribution is 2.34. The van der Waals surface area contributed by atoms with Gasteiger partial charge in [-0.25, -0.2) is 4.68 Å². The maximum Gasteiger partial charge on any atom is 0.298 e. The van der Waals surface area contributed by atoms with E-state index in [0.717, 1.165) is 23.5 Å². The van der Waals surface area contributed by atoms with Crippen LogP contribution in [0.1, 0.15) is 56.4 Å². The number of aryl methyl sites for hydroxylation is 2. The Morgan fingerprint density at radius 2 is 1.92 bits per heavy atom. The molecule has 6 nitrogen and oxygen atoms in total. The molecule has 2 aliphatic rings. The van der Waals surface area contributed by atoms with Crippen LogP contribution in [0.25, 0.3) is 10.9 Å². The van der Waals surface area contributed by atoms with Crippen LogP contribution in [-0.2, 0) is 6.67 Å². The number of hydrogen-bond acceptors (Lipinski definition) is 5. The van der Waals surface area contributed by atoms with Crippen molar-refractivity contribution >= 4 is 10.9 Å². The quantitative estimate of drug-likeness (QED) is 0.865. The van der Waals surface area contributed by atoms with Crippen LogP contribution in [0.3, 0.4) is 0 Å². The van der Waals surface area contributed by atoms with E-state index in [2.05, 4.69) is 15.2 Å². The predicted octanol–water partition coefficient (Wildman–Crippen LogP) is 3.00. The van der Waals surface area contributed by atoms with Crippen molar-refractivity contribution < 1.29 is 4.52 Å². The third kappa shape index (κ3) is 2.66. The zero-order chi connectivity index (χ0) is 16.7. The Morgan fingerprint density at radius 3 is 2.71 bits per heavy atom. The van der Waals surface area contributed by atoms with Crippen molar-refractivity contribution in [1.29, 1.82) is 0 Å². The standard InChI is InChI=1S/C18H26N4O2/c1-12-16-13(2)24-20-17(16)18(23)22(19-12)11-21-10-6-9-15(21)14-7-4-3-5-8-14/h14-15H,3-11H2,1-2H3/t15-/m1/s1. The summed E-state index contributed by atoms with van der Waals surface area (Å²) < 4.78 is 6.79. The van der Waals surface area contributed by atoms with Crippen LogP contribution >= 0.6 is 0 Å². The highest BCUT2D eigenvalue weighted by Gasteiger charge is 2.33. The minimum Gasteiger partial charge on any atom is -0.360 e. The highest BCUT2D eigenvalue weighted by atomic mass is 16.5. The van der Waals surface area contributed by atoms with Gasteiger partial charge in [0.1, 0.15) is 5.76 Å². The Hall–Kier alpha value is -1.69. The first-order valence-corrected chi connectivity index (χ1v) is 9.23. The first kappa shape index (κ1) is 15.8. The molecule has 130 valence electrons. The van der Waals surface area contributed by atoms with E-state index < -0.39 is 0 Å². The minimum absolute atomic E-state index is 0.137. The monoisotopic (exact) mass is 330 g/mol. The van der Waals surface area contributed by atoms with Crippen LogP contribution in [0, 0.1) is 19.8 Å². The van der Waals surface area contributed by atoms with E-state index in [0.29, 0.717) is 24.0 Å². The maximum atomic E-state index is 12.7. The summed E-state index contributed by atoms with van der Waals surface area (Å²) >= 11 is 0. The molecule has 0 unspecified atom stereocenters. The Labute approximate surface area is 141 Å². The summed E-state index contributed by atoms with van der Waals surface area (Å²) in [5, 5.41) is 9.26. The summed E-state index contributed by atoms with van der Waals surface area (Å²) in [6.45, 7) is 5.38. The number of likely N-dealkylation sites (tertiary alicyclic amines) is 1. The molecule has 1 saturated carbocycles. The molecule has 0 bridgehead atoms. The fourth-order valence-electron chi connectivity index (χ4n) is 4.69. The van der Waals surface area contributed by atoms with Crippen LogP contribution in [0.5, 0.6) is 0 Å². The topological polar surface area (TPSA) is 64.2 Å². The van der Waals surface area contributed by atoms with Crippen LogP contribution in [0.2, 0.25) is 0 Å². The molecule has 1 aliphatic heterocycles. The average molecular weight is 330 g/mol. The SMILES string of the molecule is Cc1nn(CN2CCC[C@@H]2C2CCCCC2)c(=O)c2noc(C)c12. The lowest BCUT2D eigenvalue weighted by molar-refractivity contribution is 0.118. The van der Waals surface area contributed by atoms with Crippen LogP contribution < -0.4 is 5.56 Å². The second-order valence-electron chi connectivity index (χ2n) is 7.41. The van der Waals surface area contributed by atoms with Gasteiger partial charge in [-0.15, -0.1) is 0 Å². The number of rotatable bonds is 3. The zero-order valence-electron chi connectivity index (χ0n) is 14.6. The Balaban J connectivity index is 1.61. The van der Waals surface area contributed by atoms with Crippen molar-refractivity contribution in [1.82, 2.24) is 19.8 Å². The molecule has 2 aromatic heterocycles. The Morgan fingerprint density at radius 1 is 1.12 bits per heavy atom. The third-order valence-electron chi connectivity index (χ3n) is 5.86. The molecule has 0 N–H and O–H groups in total. The molecule has 4 rings (SSSR count). The van der Waals surface area contributed by atoms with Gasteiger partial charge in [-0.2, -0.15) is 5.10 Å². The maximum absolute atomic E-state index is 12.7. The molecule has 0 amide bonds. The summed E-state index contributed by atoms with van der Waals surface area (Å²) in [7, 11) is 0. The summed E-state index contributed by atoms with van der Waals surface area (Å²) in [5.41, 5.74) is 1.09. The van der Waals surface area contributed by atoms with Crippen LogP contribution in [0.4, 0.5) is 0 Å². The molecule has 0 aromatic carbocycles. The lowest BCUT2D eigenvalue weighted by Gasteiger charge is -2.34. The largest absolute Gasteiger partial charge is 0.360 e. The van der Waals surface area contributed by atoms with Crippen LogP contribution in [-0.4, -0.2) is 32.4 Å². The molecule has 3 heterocycles. The van der Waals surface area contributed by atoms with Gasteiger partial charge in [0, 0.05) is 12.6 Å². The first-order valence-electron chi connectivity index (χ1n) is 9.23. The lowest BCUT2D eigenvalue weighted by Crippen LogP contribution is -2.41. The Kier molecular flexibility index (Phi) is 4.16. The van der Waals surface area contributed by atoms with Gasteiger partial charge in [0.15, 0.2) is 5.52 Å². The Bertz CT molecular complexity index is 788. The van der Waals surface area contributed by atoms with Crippen molar-refractivity contribution in [2.45, 2.75) is 71.5 Å². The fraction of sp³-hybridized carbons (Fsp3) is 0.722. The van der Waals surface area contributed by atoms with Crippen molar-refractivity contribution in [2.24, 2.45) is 5.92 Å². The van der Waals surface area contributed by atoms with Gasteiger partial charge in [-0.05, 0) is 45.4 Å². The van der Waals surface area contributed by atoms with E-state index in [4.69, 9.17) is 4.52 Å². The average Bonchev–Trinajstić information content (AvgIpc) is 3.20. The normalized spacial score (nSPS) is 23.3. The van der Waals surface area contributed by atoms with Crippen molar-refractivity contribution in [3.05, 3.63) is 21.8 Å². The molecule has 2 aromatic rings. The van der Waals surface area contributed by atoms with Gasteiger partial charge < -0.3 is 4.52 Å². The van der Waals surface area contributed by atoms with Crippen molar-refractivity contribution in [2.75, 3.05) is 6.54 Å². The molecule has 2 fully saturated rings. The van der Waals surface area contributed by atoms with Gasteiger partial charge in [0.2, 0.25) is 0 Å². The third-order valence-corrected chi connectivity index (χ3v) is 5.86.